The van der Waals surface area contributed by atoms with Gasteiger partial charge in [0.2, 0.25) is 5.91 Å². The molecule has 2 saturated heterocycles. The lowest BCUT2D eigenvalue weighted by atomic mass is 10.1. The van der Waals surface area contributed by atoms with Crippen molar-refractivity contribution in [3.63, 3.8) is 0 Å². The van der Waals surface area contributed by atoms with E-state index in [1.807, 2.05) is 0 Å². The van der Waals surface area contributed by atoms with Gasteiger partial charge in [0, 0.05) is 32.5 Å². The predicted octanol–water partition coefficient (Wildman–Crippen LogP) is 0.750. The Morgan fingerprint density at radius 2 is 2.09 bits per heavy atom. The van der Waals surface area contributed by atoms with Gasteiger partial charge in [-0.1, -0.05) is 0 Å². The number of hydrogen-bond donors (Lipinski definition) is 1. The van der Waals surface area contributed by atoms with Gasteiger partial charge in [-0.25, -0.2) is 0 Å². The summed E-state index contributed by atoms with van der Waals surface area (Å²) in [6, 6.07) is 0. The Balaban J connectivity index is 1.66. The Morgan fingerprint density at radius 1 is 1.22 bits per heavy atom. The number of carbonyl (C=O) groups is 3. The molecule has 1 aromatic heterocycles. The summed E-state index contributed by atoms with van der Waals surface area (Å²) < 4.78 is 5.49. The molecule has 0 bridgehead atoms. The van der Waals surface area contributed by atoms with E-state index in [1.54, 1.807) is 9.80 Å². The predicted molar refractivity (Wildman–Crippen MR) is 79.8 cm³/mol. The first-order valence-corrected chi connectivity index (χ1v) is 8.16. The molecule has 7 heteroatoms. The average molecular weight is 317 g/mol. The van der Waals surface area contributed by atoms with E-state index in [9.17, 15) is 14.4 Å². The van der Waals surface area contributed by atoms with Crippen LogP contribution in [0.2, 0.25) is 0 Å². The van der Waals surface area contributed by atoms with E-state index >= 15 is 0 Å². The van der Waals surface area contributed by atoms with Gasteiger partial charge in [-0.05, 0) is 19.3 Å². The fraction of sp³-hybridized carbons (Fsp3) is 0.562. The number of aryl methyl sites for hydroxylation is 1. The molecule has 0 aromatic carbocycles. The second kappa shape index (κ2) is 5.40. The third kappa shape index (κ3) is 2.22. The van der Waals surface area contributed by atoms with Crippen LogP contribution >= 0.6 is 0 Å². The van der Waals surface area contributed by atoms with Crippen LogP contribution in [0.25, 0.3) is 0 Å². The average Bonchev–Trinajstić information content (AvgIpc) is 3.15. The van der Waals surface area contributed by atoms with E-state index in [1.165, 1.54) is 6.26 Å². The van der Waals surface area contributed by atoms with Gasteiger partial charge >= 0.3 is 0 Å². The lowest BCUT2D eigenvalue weighted by Crippen LogP contribution is -2.55. The minimum atomic E-state index is -0.244. The largest absolute Gasteiger partial charge is 0.468 e. The van der Waals surface area contributed by atoms with Gasteiger partial charge in [-0.15, -0.1) is 0 Å². The zero-order chi connectivity index (χ0) is 16.0. The van der Waals surface area contributed by atoms with Crippen LogP contribution in [0.5, 0.6) is 0 Å². The van der Waals surface area contributed by atoms with E-state index in [0.717, 1.165) is 19.3 Å². The molecule has 4 rings (SSSR count). The Labute approximate surface area is 133 Å². The third-order valence-corrected chi connectivity index (χ3v) is 4.92. The van der Waals surface area contributed by atoms with E-state index in [4.69, 9.17) is 4.42 Å². The smallest absolute Gasteiger partial charge is 0.259 e. The minimum absolute atomic E-state index is 0.111. The number of hydrogen-bond acceptors (Lipinski definition) is 4. The van der Waals surface area contributed by atoms with Crippen LogP contribution in [0.3, 0.4) is 0 Å². The van der Waals surface area contributed by atoms with Crippen molar-refractivity contribution < 1.29 is 18.8 Å². The van der Waals surface area contributed by atoms with Crippen molar-refractivity contribution in [2.45, 2.75) is 38.3 Å². The molecular weight excluding hydrogens is 298 g/mol. The standard InChI is InChI=1S/C16H19N3O4/c20-13-5-8-19(12-4-2-7-18(12)13)16(22)10-9-23-11-3-1-6-17-15(21)14(10)11/h9,12H,1-8H2,(H,17,21). The molecule has 3 aliphatic rings. The van der Waals surface area contributed by atoms with Crippen LogP contribution in [-0.4, -0.2) is 53.3 Å². The van der Waals surface area contributed by atoms with Crippen molar-refractivity contribution in [3.8, 4) is 0 Å². The maximum absolute atomic E-state index is 13.0. The number of nitrogens with zero attached hydrogens (tertiary/aromatic N) is 2. The molecule has 23 heavy (non-hydrogen) atoms. The summed E-state index contributed by atoms with van der Waals surface area (Å²) in [5.41, 5.74) is 0.689. The van der Waals surface area contributed by atoms with Crippen molar-refractivity contribution in [1.29, 1.82) is 0 Å². The lowest BCUT2D eigenvalue weighted by molar-refractivity contribution is -0.139. The molecule has 122 valence electrons. The zero-order valence-corrected chi connectivity index (χ0v) is 12.8. The summed E-state index contributed by atoms with van der Waals surface area (Å²) in [6.07, 6.45) is 4.71. The summed E-state index contributed by atoms with van der Waals surface area (Å²) >= 11 is 0. The Hall–Kier alpha value is -2.31. The van der Waals surface area contributed by atoms with E-state index in [-0.39, 0.29) is 23.9 Å². The fourth-order valence-corrected chi connectivity index (χ4v) is 3.79. The maximum atomic E-state index is 13.0. The molecule has 3 aliphatic heterocycles. The number of carbonyl (C=O) groups excluding carboxylic acids is 3. The van der Waals surface area contributed by atoms with Crippen molar-refractivity contribution >= 4 is 17.7 Å². The van der Waals surface area contributed by atoms with Gasteiger partial charge in [0.25, 0.3) is 11.8 Å². The Morgan fingerprint density at radius 3 is 2.96 bits per heavy atom. The lowest BCUT2D eigenvalue weighted by Gasteiger charge is -2.39. The van der Waals surface area contributed by atoms with E-state index in [0.29, 0.717) is 49.4 Å². The molecule has 4 heterocycles. The van der Waals surface area contributed by atoms with Gasteiger partial charge in [-0.2, -0.15) is 0 Å². The van der Waals surface area contributed by atoms with Crippen molar-refractivity contribution in [3.05, 3.63) is 23.2 Å². The van der Waals surface area contributed by atoms with Crippen LogP contribution in [0.15, 0.2) is 10.7 Å². The number of nitrogens with one attached hydrogen (secondary N) is 1. The SMILES string of the molecule is O=C1NCCCc2occ(C(=O)N3CCC(=O)N4CCCC43)c21. The number of amides is 3. The summed E-state index contributed by atoms with van der Waals surface area (Å²) in [5.74, 6) is 0.238. The highest BCUT2D eigenvalue weighted by atomic mass is 16.3. The second-order valence-electron chi connectivity index (χ2n) is 6.27. The van der Waals surface area contributed by atoms with Gasteiger partial charge in [0.15, 0.2) is 0 Å². The third-order valence-electron chi connectivity index (χ3n) is 4.92. The molecule has 0 saturated carbocycles. The van der Waals surface area contributed by atoms with E-state index in [2.05, 4.69) is 5.32 Å². The van der Waals surface area contributed by atoms with Gasteiger partial charge < -0.3 is 19.5 Å². The summed E-state index contributed by atoms with van der Waals surface area (Å²) in [7, 11) is 0. The van der Waals surface area contributed by atoms with Crippen molar-refractivity contribution in [2.24, 2.45) is 0 Å². The second-order valence-corrected chi connectivity index (χ2v) is 6.27. The number of rotatable bonds is 1. The maximum Gasteiger partial charge on any atom is 0.259 e. The highest BCUT2D eigenvalue weighted by molar-refractivity contribution is 6.08. The molecule has 1 unspecified atom stereocenters. The molecule has 0 radical (unpaired) electrons. The molecule has 7 nitrogen and oxygen atoms in total. The Bertz CT molecular complexity index is 681. The quantitative estimate of drug-likeness (QED) is 0.828. The molecule has 0 aliphatic carbocycles. The molecule has 2 fully saturated rings. The molecule has 1 N–H and O–H groups in total. The molecule has 1 atom stereocenters. The summed E-state index contributed by atoms with van der Waals surface area (Å²) in [4.78, 5) is 40.7. The van der Waals surface area contributed by atoms with E-state index < -0.39 is 0 Å². The van der Waals surface area contributed by atoms with Crippen LogP contribution in [0, 0.1) is 0 Å². The molecular formula is C16H19N3O4. The number of furan rings is 1. The van der Waals surface area contributed by atoms with Crippen LogP contribution < -0.4 is 5.32 Å². The first-order valence-electron chi connectivity index (χ1n) is 8.16. The molecule has 1 aromatic rings. The summed E-state index contributed by atoms with van der Waals surface area (Å²) in [5, 5.41) is 2.80. The molecule has 0 spiro atoms. The summed E-state index contributed by atoms with van der Waals surface area (Å²) in [6.45, 7) is 1.70. The fourth-order valence-electron chi connectivity index (χ4n) is 3.79. The van der Waals surface area contributed by atoms with Gasteiger partial charge in [0.1, 0.15) is 18.2 Å². The highest BCUT2D eigenvalue weighted by Gasteiger charge is 2.41. The van der Waals surface area contributed by atoms with Crippen LogP contribution in [-0.2, 0) is 11.2 Å². The normalized spacial score (nSPS) is 24.1. The van der Waals surface area contributed by atoms with Crippen LogP contribution in [0.4, 0.5) is 0 Å². The number of fused-ring (bicyclic) bond motifs is 2. The van der Waals surface area contributed by atoms with Gasteiger partial charge in [-0.3, -0.25) is 14.4 Å². The van der Waals surface area contributed by atoms with Crippen molar-refractivity contribution in [2.75, 3.05) is 19.6 Å². The Kier molecular flexibility index (Phi) is 3.36. The first kappa shape index (κ1) is 14.3. The first-order chi connectivity index (χ1) is 11.2. The van der Waals surface area contributed by atoms with Crippen LogP contribution in [0.1, 0.15) is 52.2 Å². The minimum Gasteiger partial charge on any atom is -0.468 e. The topological polar surface area (TPSA) is 82.9 Å². The molecule has 3 amide bonds. The monoisotopic (exact) mass is 317 g/mol. The highest BCUT2D eigenvalue weighted by Crippen LogP contribution is 2.29. The van der Waals surface area contributed by atoms with Crippen molar-refractivity contribution in [1.82, 2.24) is 15.1 Å². The van der Waals surface area contributed by atoms with Gasteiger partial charge in [0.05, 0.1) is 11.1 Å². The zero-order valence-electron chi connectivity index (χ0n) is 12.8.